The average Bonchev–Trinajstić information content (AvgIpc) is 3.17. The Labute approximate surface area is 123 Å². The third kappa shape index (κ3) is 3.27. The minimum Gasteiger partial charge on any atom is -0.354 e. The second-order valence-corrected chi connectivity index (χ2v) is 6.38. The third-order valence-corrected chi connectivity index (χ3v) is 4.83. The number of carbonyl (C=O) groups excluding carboxylic acids is 1. The van der Waals surface area contributed by atoms with Gasteiger partial charge < -0.3 is 15.5 Å². The van der Waals surface area contributed by atoms with Gasteiger partial charge in [0.05, 0.1) is 6.04 Å². The Morgan fingerprint density at radius 2 is 2.45 bits per heavy atom. The monoisotopic (exact) mass is 295 g/mol. The number of anilines is 1. The molecule has 0 spiro atoms. The second-order valence-electron chi connectivity index (χ2n) is 5.57. The molecule has 1 aromatic rings. The van der Waals surface area contributed by atoms with Gasteiger partial charge in [-0.25, -0.2) is 0 Å². The van der Waals surface area contributed by atoms with Crippen LogP contribution >= 0.6 is 11.3 Å². The van der Waals surface area contributed by atoms with Gasteiger partial charge >= 0.3 is 0 Å². The molecule has 2 aliphatic heterocycles. The van der Waals surface area contributed by atoms with E-state index in [1.165, 1.54) is 6.42 Å². The molecule has 2 aliphatic rings. The van der Waals surface area contributed by atoms with Crippen LogP contribution in [0.4, 0.5) is 5.13 Å². The first-order valence-corrected chi connectivity index (χ1v) is 8.23. The van der Waals surface area contributed by atoms with Crippen molar-refractivity contribution >= 4 is 22.4 Å². The van der Waals surface area contributed by atoms with E-state index in [2.05, 4.69) is 25.7 Å². The van der Waals surface area contributed by atoms with Crippen LogP contribution in [-0.4, -0.2) is 48.3 Å². The molecular formula is C13H21N5OS. The van der Waals surface area contributed by atoms with E-state index in [1.807, 2.05) is 0 Å². The number of piperidine rings is 1. The van der Waals surface area contributed by atoms with Crippen molar-refractivity contribution < 1.29 is 4.79 Å². The van der Waals surface area contributed by atoms with Crippen molar-refractivity contribution in [3.05, 3.63) is 5.51 Å². The van der Waals surface area contributed by atoms with Crippen molar-refractivity contribution in [2.24, 2.45) is 5.92 Å². The summed E-state index contributed by atoms with van der Waals surface area (Å²) in [5, 5.41) is 15.4. The largest absolute Gasteiger partial charge is 0.354 e. The Morgan fingerprint density at radius 3 is 3.20 bits per heavy atom. The lowest BCUT2D eigenvalue weighted by atomic mass is 9.98. The number of hydrogen-bond donors (Lipinski definition) is 2. The molecule has 1 amide bonds. The third-order valence-electron chi connectivity index (χ3n) is 4.08. The molecule has 2 saturated heterocycles. The first-order valence-electron chi connectivity index (χ1n) is 7.35. The van der Waals surface area contributed by atoms with Crippen LogP contribution in [0.1, 0.15) is 25.7 Å². The van der Waals surface area contributed by atoms with Gasteiger partial charge in [-0.1, -0.05) is 11.3 Å². The lowest BCUT2D eigenvalue weighted by Gasteiger charge is -2.32. The number of aromatic nitrogens is 2. The number of nitrogens with zero attached hydrogens (tertiary/aromatic N) is 3. The van der Waals surface area contributed by atoms with Crippen molar-refractivity contribution in [2.45, 2.75) is 31.7 Å². The van der Waals surface area contributed by atoms with Gasteiger partial charge in [0, 0.05) is 19.6 Å². The number of carbonyl (C=O) groups is 1. The van der Waals surface area contributed by atoms with Gasteiger partial charge in [0.1, 0.15) is 5.51 Å². The topological polar surface area (TPSA) is 70.2 Å². The highest BCUT2D eigenvalue weighted by molar-refractivity contribution is 7.13. The normalized spacial score (nSPS) is 26.7. The van der Waals surface area contributed by atoms with Crippen molar-refractivity contribution in [2.75, 3.05) is 31.1 Å². The molecule has 2 fully saturated rings. The molecule has 2 N–H and O–H groups in total. The highest BCUT2D eigenvalue weighted by Crippen LogP contribution is 2.23. The zero-order chi connectivity index (χ0) is 13.8. The summed E-state index contributed by atoms with van der Waals surface area (Å²) in [5.41, 5.74) is 1.77. The van der Waals surface area contributed by atoms with Crippen LogP contribution in [0.15, 0.2) is 5.51 Å². The van der Waals surface area contributed by atoms with Gasteiger partial charge in [-0.15, -0.1) is 10.2 Å². The summed E-state index contributed by atoms with van der Waals surface area (Å²) >= 11 is 1.58. The Morgan fingerprint density at radius 1 is 1.50 bits per heavy atom. The Bertz CT molecular complexity index is 432. The molecule has 0 aromatic carbocycles. The quantitative estimate of drug-likeness (QED) is 0.852. The van der Waals surface area contributed by atoms with Gasteiger partial charge in [0.15, 0.2) is 0 Å². The molecule has 3 rings (SSSR count). The highest BCUT2D eigenvalue weighted by Gasteiger charge is 2.25. The first-order chi connectivity index (χ1) is 9.83. The number of nitrogens with one attached hydrogen (secondary N) is 2. The standard InChI is InChI=1S/C13H21N5OS/c19-12(11-4-1-5-14-11)15-7-10-3-2-6-18(8-10)13-17-16-9-20-13/h9-11,14H,1-8H2,(H,15,19). The minimum atomic E-state index is 0.0258. The van der Waals surface area contributed by atoms with Crippen LogP contribution in [0, 0.1) is 5.92 Å². The van der Waals surface area contributed by atoms with Gasteiger partial charge in [0.25, 0.3) is 0 Å². The fourth-order valence-electron chi connectivity index (χ4n) is 2.99. The molecule has 6 nitrogen and oxygen atoms in total. The Hall–Kier alpha value is -1.21. The lowest BCUT2D eigenvalue weighted by Crippen LogP contribution is -2.45. The van der Waals surface area contributed by atoms with Crippen molar-refractivity contribution in [1.82, 2.24) is 20.8 Å². The maximum atomic E-state index is 12.0. The molecule has 0 saturated carbocycles. The molecular weight excluding hydrogens is 274 g/mol. The molecule has 1 aromatic heterocycles. The molecule has 3 heterocycles. The molecule has 2 atom stereocenters. The van der Waals surface area contributed by atoms with Crippen LogP contribution in [-0.2, 0) is 4.79 Å². The molecule has 110 valence electrons. The van der Waals surface area contributed by atoms with Gasteiger partial charge in [-0.3, -0.25) is 4.79 Å². The van der Waals surface area contributed by atoms with E-state index >= 15 is 0 Å². The van der Waals surface area contributed by atoms with Gasteiger partial charge in [-0.05, 0) is 38.1 Å². The van der Waals surface area contributed by atoms with Gasteiger partial charge in [0.2, 0.25) is 11.0 Å². The minimum absolute atomic E-state index is 0.0258. The second kappa shape index (κ2) is 6.49. The Kier molecular flexibility index (Phi) is 4.47. The zero-order valence-electron chi connectivity index (χ0n) is 11.5. The fraction of sp³-hybridized carbons (Fsp3) is 0.769. The van der Waals surface area contributed by atoms with Crippen molar-refractivity contribution in [3.63, 3.8) is 0 Å². The van der Waals surface area contributed by atoms with E-state index in [4.69, 9.17) is 0 Å². The van der Waals surface area contributed by atoms with E-state index in [9.17, 15) is 4.79 Å². The van der Waals surface area contributed by atoms with E-state index in [-0.39, 0.29) is 11.9 Å². The summed E-state index contributed by atoms with van der Waals surface area (Å²) in [7, 11) is 0. The maximum Gasteiger partial charge on any atom is 0.237 e. The molecule has 0 radical (unpaired) electrons. The SMILES string of the molecule is O=C(NCC1CCCN(c2nncs2)C1)C1CCCN1. The van der Waals surface area contributed by atoms with Crippen LogP contribution in [0.2, 0.25) is 0 Å². The lowest BCUT2D eigenvalue weighted by molar-refractivity contribution is -0.122. The number of rotatable bonds is 4. The molecule has 0 aliphatic carbocycles. The summed E-state index contributed by atoms with van der Waals surface area (Å²) in [4.78, 5) is 14.3. The predicted octanol–water partition coefficient (Wildman–Crippen LogP) is 0.623. The fourth-order valence-corrected chi connectivity index (χ4v) is 3.58. The highest BCUT2D eigenvalue weighted by atomic mass is 32.1. The van der Waals surface area contributed by atoms with E-state index < -0.39 is 0 Å². The average molecular weight is 295 g/mol. The summed E-state index contributed by atoms with van der Waals surface area (Å²) < 4.78 is 0. The summed E-state index contributed by atoms with van der Waals surface area (Å²) in [6.07, 6.45) is 4.40. The van der Waals surface area contributed by atoms with E-state index in [0.717, 1.165) is 50.6 Å². The molecule has 7 heteroatoms. The maximum absolute atomic E-state index is 12.0. The summed E-state index contributed by atoms with van der Waals surface area (Å²) in [6, 6.07) is 0.0258. The molecule has 2 unspecified atom stereocenters. The van der Waals surface area contributed by atoms with Crippen LogP contribution in [0.5, 0.6) is 0 Å². The van der Waals surface area contributed by atoms with Gasteiger partial charge in [-0.2, -0.15) is 0 Å². The number of hydrogen-bond acceptors (Lipinski definition) is 6. The van der Waals surface area contributed by atoms with E-state index in [0.29, 0.717) is 5.92 Å². The Balaban J connectivity index is 1.46. The summed E-state index contributed by atoms with van der Waals surface area (Å²) in [5.74, 6) is 0.675. The summed E-state index contributed by atoms with van der Waals surface area (Å²) in [6.45, 7) is 3.75. The zero-order valence-corrected chi connectivity index (χ0v) is 12.4. The number of amides is 1. The van der Waals surface area contributed by atoms with Crippen molar-refractivity contribution in [1.29, 1.82) is 0 Å². The van der Waals surface area contributed by atoms with Crippen LogP contribution in [0.25, 0.3) is 0 Å². The predicted molar refractivity (Wildman–Crippen MR) is 78.9 cm³/mol. The molecule has 0 bridgehead atoms. The van der Waals surface area contributed by atoms with Crippen LogP contribution in [0.3, 0.4) is 0 Å². The van der Waals surface area contributed by atoms with E-state index in [1.54, 1.807) is 16.8 Å². The molecule has 20 heavy (non-hydrogen) atoms. The van der Waals surface area contributed by atoms with Crippen LogP contribution < -0.4 is 15.5 Å². The van der Waals surface area contributed by atoms with Crippen molar-refractivity contribution in [3.8, 4) is 0 Å². The first kappa shape index (κ1) is 13.8. The smallest absolute Gasteiger partial charge is 0.237 e.